The van der Waals surface area contributed by atoms with Gasteiger partial charge in [0, 0.05) is 26.1 Å². The molecule has 0 fully saturated rings. The van der Waals surface area contributed by atoms with Gasteiger partial charge in [-0.2, -0.15) is 0 Å². The first kappa shape index (κ1) is 12.4. The van der Waals surface area contributed by atoms with Gasteiger partial charge in [-0.25, -0.2) is 0 Å². The maximum Gasteiger partial charge on any atom is 0.221 e. The first-order valence-corrected chi connectivity index (χ1v) is 4.83. The Hall–Kier alpha value is -0.610. The molecule has 0 spiro atoms. The van der Waals surface area contributed by atoms with E-state index in [1.54, 1.807) is 0 Å². The average molecular weight is 188 g/mol. The molecular formula is C9H20N2O2. The lowest BCUT2D eigenvalue weighted by Crippen LogP contribution is -2.27. The van der Waals surface area contributed by atoms with Crippen molar-refractivity contribution in [2.24, 2.45) is 0 Å². The van der Waals surface area contributed by atoms with E-state index in [4.69, 9.17) is 5.11 Å². The molecule has 0 heterocycles. The molecule has 0 aliphatic carbocycles. The zero-order valence-corrected chi connectivity index (χ0v) is 8.31. The number of amides is 1. The van der Waals surface area contributed by atoms with E-state index in [0.717, 1.165) is 32.4 Å². The van der Waals surface area contributed by atoms with Gasteiger partial charge in [-0.15, -0.1) is 0 Å². The summed E-state index contributed by atoms with van der Waals surface area (Å²) in [5.41, 5.74) is 0. The van der Waals surface area contributed by atoms with Crippen molar-refractivity contribution in [3.05, 3.63) is 0 Å². The van der Waals surface area contributed by atoms with Crippen molar-refractivity contribution >= 4 is 5.91 Å². The number of nitrogens with one attached hydrogen (secondary N) is 2. The smallest absolute Gasteiger partial charge is 0.221 e. The average Bonchev–Trinajstić information content (AvgIpc) is 2.14. The van der Waals surface area contributed by atoms with Crippen LogP contribution in [-0.2, 0) is 4.79 Å². The molecule has 0 atom stereocenters. The second-order valence-corrected chi connectivity index (χ2v) is 2.99. The number of aliphatic hydroxyl groups excluding tert-OH is 1. The van der Waals surface area contributed by atoms with Gasteiger partial charge in [-0.05, 0) is 26.3 Å². The van der Waals surface area contributed by atoms with Crippen molar-refractivity contribution in [3.8, 4) is 0 Å². The largest absolute Gasteiger partial charge is 0.396 e. The standard InChI is InChI=1S/C9H20N2O2/c1-10-7-5-9(13)11-6-3-2-4-8-12/h10,12H,2-8H2,1H3,(H,11,13). The molecule has 0 aliphatic rings. The summed E-state index contributed by atoms with van der Waals surface area (Å²) < 4.78 is 0. The van der Waals surface area contributed by atoms with Crippen LogP contribution in [-0.4, -0.2) is 37.8 Å². The van der Waals surface area contributed by atoms with Crippen molar-refractivity contribution in [3.63, 3.8) is 0 Å². The molecule has 4 nitrogen and oxygen atoms in total. The molecule has 0 aliphatic heterocycles. The Kier molecular flexibility index (Phi) is 9.03. The first-order valence-electron chi connectivity index (χ1n) is 4.83. The van der Waals surface area contributed by atoms with Crippen LogP contribution in [0.25, 0.3) is 0 Å². The number of aliphatic hydroxyl groups is 1. The second kappa shape index (κ2) is 9.48. The van der Waals surface area contributed by atoms with Crippen LogP contribution >= 0.6 is 0 Å². The van der Waals surface area contributed by atoms with Crippen molar-refractivity contribution in [2.45, 2.75) is 25.7 Å². The van der Waals surface area contributed by atoms with Crippen LogP contribution in [0.1, 0.15) is 25.7 Å². The van der Waals surface area contributed by atoms with Crippen LogP contribution in [0.5, 0.6) is 0 Å². The highest BCUT2D eigenvalue weighted by Gasteiger charge is 1.97. The van der Waals surface area contributed by atoms with E-state index >= 15 is 0 Å². The Morgan fingerprint density at radius 2 is 2.00 bits per heavy atom. The minimum atomic E-state index is 0.0957. The fourth-order valence-corrected chi connectivity index (χ4v) is 0.968. The predicted molar refractivity (Wildman–Crippen MR) is 52.5 cm³/mol. The number of carbonyl (C=O) groups excluding carboxylic acids is 1. The van der Waals surface area contributed by atoms with Crippen molar-refractivity contribution in [1.82, 2.24) is 10.6 Å². The van der Waals surface area contributed by atoms with Crippen LogP contribution in [0, 0.1) is 0 Å². The lowest BCUT2D eigenvalue weighted by molar-refractivity contribution is -0.120. The highest BCUT2D eigenvalue weighted by Crippen LogP contribution is 1.91. The zero-order chi connectivity index (χ0) is 9.94. The van der Waals surface area contributed by atoms with E-state index in [1.165, 1.54) is 0 Å². The van der Waals surface area contributed by atoms with Gasteiger partial charge in [0.1, 0.15) is 0 Å². The van der Waals surface area contributed by atoms with Crippen LogP contribution in [0.4, 0.5) is 0 Å². The molecule has 0 unspecified atom stereocenters. The Bertz CT molecular complexity index is 129. The quantitative estimate of drug-likeness (QED) is 0.465. The fraction of sp³-hybridized carbons (Fsp3) is 0.889. The molecular weight excluding hydrogens is 168 g/mol. The summed E-state index contributed by atoms with van der Waals surface area (Å²) in [6, 6.07) is 0. The molecule has 0 rings (SSSR count). The molecule has 0 saturated heterocycles. The normalized spacial score (nSPS) is 10.0. The summed E-state index contributed by atoms with van der Waals surface area (Å²) in [4.78, 5) is 11.0. The van der Waals surface area contributed by atoms with Gasteiger partial charge in [0.25, 0.3) is 0 Å². The monoisotopic (exact) mass is 188 g/mol. The highest BCUT2D eigenvalue weighted by atomic mass is 16.2. The zero-order valence-electron chi connectivity index (χ0n) is 8.31. The minimum Gasteiger partial charge on any atom is -0.396 e. The van der Waals surface area contributed by atoms with Crippen LogP contribution < -0.4 is 10.6 Å². The van der Waals surface area contributed by atoms with Crippen molar-refractivity contribution < 1.29 is 9.90 Å². The van der Waals surface area contributed by atoms with Crippen LogP contribution in [0.3, 0.4) is 0 Å². The molecule has 13 heavy (non-hydrogen) atoms. The number of carbonyl (C=O) groups is 1. The summed E-state index contributed by atoms with van der Waals surface area (Å²) in [6.45, 7) is 1.69. The molecule has 0 saturated carbocycles. The Morgan fingerprint density at radius 1 is 1.23 bits per heavy atom. The molecule has 3 N–H and O–H groups in total. The third kappa shape index (κ3) is 9.30. The highest BCUT2D eigenvalue weighted by molar-refractivity contribution is 5.75. The van der Waals surface area contributed by atoms with Crippen molar-refractivity contribution in [2.75, 3.05) is 26.7 Å². The van der Waals surface area contributed by atoms with Gasteiger partial charge in [0.05, 0.1) is 0 Å². The fourth-order valence-electron chi connectivity index (χ4n) is 0.968. The van der Waals surface area contributed by atoms with Gasteiger partial charge >= 0.3 is 0 Å². The summed E-state index contributed by atoms with van der Waals surface area (Å²) in [7, 11) is 1.83. The van der Waals surface area contributed by atoms with Gasteiger partial charge in [0.15, 0.2) is 0 Å². The minimum absolute atomic E-state index is 0.0957. The lowest BCUT2D eigenvalue weighted by atomic mass is 10.2. The topological polar surface area (TPSA) is 61.4 Å². The van der Waals surface area contributed by atoms with Gasteiger partial charge in [-0.3, -0.25) is 4.79 Å². The first-order chi connectivity index (χ1) is 6.31. The third-order valence-electron chi connectivity index (χ3n) is 1.76. The van der Waals surface area contributed by atoms with E-state index in [-0.39, 0.29) is 12.5 Å². The summed E-state index contributed by atoms with van der Waals surface area (Å²) in [5.74, 6) is 0.0957. The molecule has 78 valence electrons. The molecule has 0 aromatic carbocycles. The molecule has 0 bridgehead atoms. The van der Waals surface area contributed by atoms with E-state index in [9.17, 15) is 4.79 Å². The molecule has 0 aromatic rings. The molecule has 1 amide bonds. The molecule has 4 heteroatoms. The number of hydrogen-bond donors (Lipinski definition) is 3. The van der Waals surface area contributed by atoms with Crippen molar-refractivity contribution in [1.29, 1.82) is 0 Å². The van der Waals surface area contributed by atoms with E-state index in [2.05, 4.69) is 10.6 Å². The van der Waals surface area contributed by atoms with Crippen LogP contribution in [0.15, 0.2) is 0 Å². The summed E-state index contributed by atoms with van der Waals surface area (Å²) in [6.07, 6.45) is 3.29. The maximum absolute atomic E-state index is 11.0. The summed E-state index contributed by atoms with van der Waals surface area (Å²) >= 11 is 0. The molecule has 0 radical (unpaired) electrons. The van der Waals surface area contributed by atoms with Crippen LogP contribution in [0.2, 0.25) is 0 Å². The Balaban J connectivity index is 3.08. The lowest BCUT2D eigenvalue weighted by Gasteiger charge is -2.03. The number of rotatable bonds is 8. The van der Waals surface area contributed by atoms with E-state index < -0.39 is 0 Å². The van der Waals surface area contributed by atoms with E-state index in [1.807, 2.05) is 7.05 Å². The number of hydrogen-bond acceptors (Lipinski definition) is 3. The predicted octanol–water partition coefficient (Wildman–Crippen LogP) is -0.125. The Morgan fingerprint density at radius 3 is 2.62 bits per heavy atom. The van der Waals surface area contributed by atoms with Gasteiger partial charge in [-0.1, -0.05) is 0 Å². The van der Waals surface area contributed by atoms with Gasteiger partial charge in [0.2, 0.25) is 5.91 Å². The maximum atomic E-state index is 11.0. The van der Waals surface area contributed by atoms with E-state index in [0.29, 0.717) is 6.42 Å². The number of unbranched alkanes of at least 4 members (excludes halogenated alkanes) is 2. The Labute approximate surface area is 79.7 Å². The SMILES string of the molecule is CNCCC(=O)NCCCCCO. The summed E-state index contributed by atoms with van der Waals surface area (Å²) in [5, 5.41) is 14.2. The van der Waals surface area contributed by atoms with Gasteiger partial charge < -0.3 is 15.7 Å². The second-order valence-electron chi connectivity index (χ2n) is 2.99. The third-order valence-corrected chi connectivity index (χ3v) is 1.76. The molecule has 0 aromatic heterocycles.